The number of rotatable bonds is 9. The Bertz CT molecular complexity index is 2750. The number of hydrogen-bond donors (Lipinski definition) is 1. The van der Waals surface area contributed by atoms with Crippen LogP contribution < -0.4 is 5.32 Å². The summed E-state index contributed by atoms with van der Waals surface area (Å²) in [6.45, 7) is 5.96. The summed E-state index contributed by atoms with van der Waals surface area (Å²) < 4.78 is 0. The number of fused-ring (bicyclic) bond motifs is 3. The van der Waals surface area contributed by atoms with E-state index >= 15 is 0 Å². The van der Waals surface area contributed by atoms with Gasteiger partial charge in [-0.15, -0.1) is 0 Å². The molecule has 0 saturated heterocycles. The van der Waals surface area contributed by atoms with Crippen molar-refractivity contribution in [2.75, 3.05) is 5.32 Å². The fourth-order valence-electron chi connectivity index (χ4n) is 7.81. The van der Waals surface area contributed by atoms with Gasteiger partial charge >= 0.3 is 0 Å². The van der Waals surface area contributed by atoms with Crippen molar-refractivity contribution in [2.24, 2.45) is 9.98 Å². The van der Waals surface area contributed by atoms with Gasteiger partial charge in [-0.1, -0.05) is 146 Å². The number of anilines is 1. The first-order valence-corrected chi connectivity index (χ1v) is 19.6. The maximum Gasteiger partial charge on any atom is 0.145 e. The molecule has 2 heterocycles. The van der Waals surface area contributed by atoms with Gasteiger partial charge in [0.05, 0.1) is 22.8 Å². The van der Waals surface area contributed by atoms with Gasteiger partial charge in [-0.3, -0.25) is 15.0 Å². The third-order valence-electron chi connectivity index (χ3n) is 10.8. The van der Waals surface area contributed by atoms with Gasteiger partial charge in [0.1, 0.15) is 6.17 Å². The molecular weight excluding hydrogens is 693 g/mol. The molecule has 1 unspecified atom stereocenters. The predicted molar refractivity (Wildman–Crippen MR) is 241 cm³/mol. The smallest absolute Gasteiger partial charge is 0.145 e. The van der Waals surface area contributed by atoms with Crippen LogP contribution in [0.2, 0.25) is 0 Å². The largest absolute Gasteiger partial charge is 0.359 e. The quantitative estimate of drug-likeness (QED) is 0.150. The van der Waals surface area contributed by atoms with E-state index in [1.54, 1.807) is 12.3 Å². The Morgan fingerprint density at radius 1 is 0.719 bits per heavy atom. The minimum absolute atomic E-state index is 0.338. The average molecular weight is 735 g/mol. The second-order valence-electron chi connectivity index (χ2n) is 14.4. The van der Waals surface area contributed by atoms with Gasteiger partial charge < -0.3 is 5.32 Å². The van der Waals surface area contributed by atoms with Crippen LogP contribution in [0, 0.1) is 0 Å². The second-order valence-corrected chi connectivity index (χ2v) is 14.4. The Hall–Kier alpha value is -7.17. The van der Waals surface area contributed by atoms with Crippen molar-refractivity contribution in [2.45, 2.75) is 25.9 Å². The molecule has 0 bridgehead atoms. The van der Waals surface area contributed by atoms with Crippen molar-refractivity contribution in [1.29, 1.82) is 0 Å². The van der Waals surface area contributed by atoms with E-state index in [0.29, 0.717) is 0 Å². The Balaban J connectivity index is 1.18. The molecule has 0 fully saturated rings. The molecule has 4 nitrogen and oxygen atoms in total. The Kier molecular flexibility index (Phi) is 9.91. The molecule has 1 atom stereocenters. The summed E-state index contributed by atoms with van der Waals surface area (Å²) >= 11 is 0. The van der Waals surface area contributed by atoms with Crippen LogP contribution in [0.3, 0.4) is 0 Å². The lowest BCUT2D eigenvalue weighted by Gasteiger charge is -2.28. The molecule has 274 valence electrons. The molecule has 6 aromatic carbocycles. The Morgan fingerprint density at radius 3 is 2.12 bits per heavy atom. The van der Waals surface area contributed by atoms with Crippen LogP contribution in [-0.2, 0) is 0 Å². The fraction of sp³-hybridized carbons (Fsp3) is 0.0755. The molecule has 1 N–H and O–H groups in total. The lowest BCUT2D eigenvalue weighted by molar-refractivity contribution is 0.831. The summed E-state index contributed by atoms with van der Waals surface area (Å²) in [4.78, 5) is 14.7. The topological polar surface area (TPSA) is 49.6 Å². The zero-order valence-electron chi connectivity index (χ0n) is 31.9. The molecule has 1 aliphatic heterocycles. The van der Waals surface area contributed by atoms with E-state index < -0.39 is 0 Å². The predicted octanol–water partition coefficient (Wildman–Crippen LogP) is 13.4. The molecular formula is C53H42N4. The first-order valence-electron chi connectivity index (χ1n) is 19.6. The lowest BCUT2D eigenvalue weighted by atomic mass is 9.90. The van der Waals surface area contributed by atoms with E-state index in [1.165, 1.54) is 21.9 Å². The van der Waals surface area contributed by atoms with Crippen LogP contribution in [-0.4, -0.2) is 16.4 Å². The van der Waals surface area contributed by atoms with Crippen molar-refractivity contribution in [3.05, 3.63) is 223 Å². The van der Waals surface area contributed by atoms with Gasteiger partial charge in [0.25, 0.3) is 0 Å². The highest BCUT2D eigenvalue weighted by Gasteiger charge is 2.25. The maximum atomic E-state index is 5.55. The molecule has 0 spiro atoms. The van der Waals surface area contributed by atoms with E-state index in [-0.39, 0.29) is 6.17 Å². The minimum Gasteiger partial charge on any atom is -0.359 e. The van der Waals surface area contributed by atoms with Crippen molar-refractivity contribution in [3.8, 4) is 33.5 Å². The fourth-order valence-corrected chi connectivity index (χ4v) is 7.81. The molecule has 2 aliphatic rings. The normalized spacial score (nSPS) is 15.2. The molecule has 4 heteroatoms. The Morgan fingerprint density at radius 2 is 1.42 bits per heavy atom. The summed E-state index contributed by atoms with van der Waals surface area (Å²) in [5.74, 6) is 0. The van der Waals surface area contributed by atoms with Gasteiger partial charge in [0.15, 0.2) is 0 Å². The van der Waals surface area contributed by atoms with Gasteiger partial charge in [-0.25, -0.2) is 0 Å². The van der Waals surface area contributed by atoms with Crippen LogP contribution in [0.4, 0.5) is 5.69 Å². The monoisotopic (exact) mass is 734 g/mol. The third-order valence-corrected chi connectivity index (χ3v) is 10.8. The first kappa shape index (κ1) is 35.5. The zero-order valence-corrected chi connectivity index (χ0v) is 31.9. The van der Waals surface area contributed by atoms with Crippen molar-refractivity contribution < 1.29 is 0 Å². The number of benzene rings is 6. The molecule has 0 radical (unpaired) electrons. The lowest BCUT2D eigenvalue weighted by Crippen LogP contribution is -2.21. The standard InChI is InChI=1S/C53H42N4/c1-3-31-54-49(4-2)41-23-17-38(18-24-41)44-33-45(39-19-25-42(26-20-39)50-16-10-11-32-55-50)35-46(34-44)53-56-51(43-27-21-37(22-28-43)36-12-6-5-7-13-36)48-30-29-40-14-8-9-15-47(40)52(48)57-53/h3-6,8-12,14-35,53,57H,2,7,13H2,1H3/b31-3-,54-49?. The van der Waals surface area contributed by atoms with Crippen LogP contribution in [0.5, 0.6) is 0 Å². The van der Waals surface area contributed by atoms with E-state index in [0.717, 1.165) is 85.7 Å². The summed E-state index contributed by atoms with van der Waals surface area (Å²) in [6, 6.07) is 52.1. The molecule has 0 saturated carbocycles. The van der Waals surface area contributed by atoms with Crippen molar-refractivity contribution >= 4 is 33.5 Å². The zero-order chi connectivity index (χ0) is 38.6. The van der Waals surface area contributed by atoms with Crippen molar-refractivity contribution in [1.82, 2.24) is 4.98 Å². The number of aromatic nitrogens is 1. The third kappa shape index (κ3) is 7.33. The van der Waals surface area contributed by atoms with E-state index in [2.05, 4.69) is 167 Å². The summed E-state index contributed by atoms with van der Waals surface area (Å²) in [5, 5.41) is 6.28. The number of aliphatic imine (C=N–C) groups is 2. The van der Waals surface area contributed by atoms with E-state index in [9.17, 15) is 0 Å². The van der Waals surface area contributed by atoms with Crippen LogP contribution in [0.15, 0.2) is 205 Å². The highest BCUT2D eigenvalue weighted by Crippen LogP contribution is 2.40. The minimum atomic E-state index is -0.338. The first-order chi connectivity index (χ1) is 28.1. The highest BCUT2D eigenvalue weighted by molar-refractivity contribution is 6.20. The maximum absolute atomic E-state index is 5.55. The number of allylic oxidation sites excluding steroid dienone is 6. The summed E-state index contributed by atoms with van der Waals surface area (Å²) in [7, 11) is 0. The molecule has 0 amide bonds. The second kappa shape index (κ2) is 15.9. The molecule has 9 rings (SSSR count). The highest BCUT2D eigenvalue weighted by atomic mass is 15.1. The van der Waals surface area contributed by atoms with E-state index in [4.69, 9.17) is 4.99 Å². The van der Waals surface area contributed by atoms with Gasteiger partial charge in [-0.05, 0) is 101 Å². The molecule has 1 aromatic heterocycles. The summed E-state index contributed by atoms with van der Waals surface area (Å²) in [5.41, 5.74) is 16.3. The number of nitrogens with one attached hydrogen (secondary N) is 1. The SMILES string of the molecule is C=CC(=N/C=C\C)c1ccc(-c2cc(-c3ccc(-c4ccccn4)cc3)cc(C3N=C(c4ccc(C5=CC=CCC5)cc4)c4ccc5ccccc5c4N3)c2)cc1. The number of hydrogen-bond acceptors (Lipinski definition) is 4. The molecule has 7 aromatic rings. The van der Waals surface area contributed by atoms with Crippen LogP contribution in [0.25, 0.3) is 49.9 Å². The van der Waals surface area contributed by atoms with Crippen molar-refractivity contribution in [3.63, 3.8) is 0 Å². The van der Waals surface area contributed by atoms with Crippen LogP contribution in [0.1, 0.15) is 53.7 Å². The van der Waals surface area contributed by atoms with Gasteiger partial charge in [0, 0.05) is 40.0 Å². The van der Waals surface area contributed by atoms with E-state index in [1.807, 2.05) is 37.4 Å². The molecule has 57 heavy (non-hydrogen) atoms. The Labute approximate surface area is 334 Å². The van der Waals surface area contributed by atoms with Gasteiger partial charge in [0.2, 0.25) is 0 Å². The van der Waals surface area contributed by atoms with Gasteiger partial charge in [-0.2, -0.15) is 0 Å². The van der Waals surface area contributed by atoms with Crippen LogP contribution >= 0.6 is 0 Å². The number of pyridine rings is 1. The number of nitrogens with zero attached hydrogens (tertiary/aromatic N) is 3. The average Bonchev–Trinajstić information content (AvgIpc) is 3.29. The molecule has 1 aliphatic carbocycles. The summed E-state index contributed by atoms with van der Waals surface area (Å²) in [6.07, 6.45) is 15.8.